The summed E-state index contributed by atoms with van der Waals surface area (Å²) in [5.74, 6) is -0.664. The van der Waals surface area contributed by atoms with Crippen molar-refractivity contribution in [3.8, 4) is 5.75 Å². The summed E-state index contributed by atoms with van der Waals surface area (Å²) in [6, 6.07) is 3.59. The van der Waals surface area contributed by atoms with Gasteiger partial charge in [-0.2, -0.15) is 0 Å². The molecule has 0 saturated heterocycles. The number of carboxylic acid groups (broad SMARTS) is 1. The summed E-state index contributed by atoms with van der Waals surface area (Å²) < 4.78 is 5.55. The molecule has 104 valence electrons. The molecule has 1 aromatic carbocycles. The first-order chi connectivity index (χ1) is 8.81. The highest BCUT2D eigenvalue weighted by Gasteiger charge is 2.18. The van der Waals surface area contributed by atoms with E-state index in [9.17, 15) is 14.9 Å². The fraction of sp³-hybridized carbons (Fsp3) is 0.462. The van der Waals surface area contributed by atoms with Crippen LogP contribution in [0.4, 0.5) is 5.69 Å². The predicted molar refractivity (Wildman–Crippen MR) is 69.6 cm³/mol. The van der Waals surface area contributed by atoms with Gasteiger partial charge in [0.2, 0.25) is 0 Å². The third-order valence-corrected chi connectivity index (χ3v) is 2.54. The molecule has 6 nitrogen and oxygen atoms in total. The lowest BCUT2D eigenvalue weighted by Gasteiger charge is -2.17. The molecule has 0 aliphatic carbocycles. The van der Waals surface area contributed by atoms with Crippen molar-refractivity contribution in [2.75, 3.05) is 0 Å². The monoisotopic (exact) mass is 267 g/mol. The second-order valence-corrected chi connectivity index (χ2v) is 4.80. The van der Waals surface area contributed by atoms with Crippen molar-refractivity contribution in [3.63, 3.8) is 0 Å². The molecule has 6 heteroatoms. The Morgan fingerprint density at radius 2 is 2.05 bits per heavy atom. The van der Waals surface area contributed by atoms with Crippen molar-refractivity contribution >= 4 is 11.7 Å². The zero-order valence-corrected chi connectivity index (χ0v) is 11.1. The number of hydrogen-bond acceptors (Lipinski definition) is 4. The molecule has 1 unspecified atom stereocenters. The van der Waals surface area contributed by atoms with Gasteiger partial charge in [-0.3, -0.25) is 10.1 Å². The smallest absolute Gasteiger partial charge is 0.339 e. The molecular formula is C13H17NO5. The second kappa shape index (κ2) is 6.17. The van der Waals surface area contributed by atoms with E-state index < -0.39 is 10.9 Å². The Kier molecular flexibility index (Phi) is 4.86. The van der Waals surface area contributed by atoms with E-state index in [0.717, 1.165) is 12.5 Å². The van der Waals surface area contributed by atoms with Crippen LogP contribution in [0.25, 0.3) is 0 Å². The fourth-order valence-electron chi connectivity index (χ4n) is 1.83. The SMILES string of the molecule is CC(C)CC(C)Oc1ccc([N+](=O)[O-])cc1C(=O)O. The Bertz CT molecular complexity index is 484. The first kappa shape index (κ1) is 14.9. The minimum Gasteiger partial charge on any atom is -0.490 e. The summed E-state index contributed by atoms with van der Waals surface area (Å²) in [5, 5.41) is 19.7. The molecular weight excluding hydrogens is 250 g/mol. The number of nitrogens with zero attached hydrogens (tertiary/aromatic N) is 1. The van der Waals surface area contributed by atoms with Gasteiger partial charge in [0.1, 0.15) is 11.3 Å². The number of carbonyl (C=O) groups is 1. The number of carboxylic acids is 1. The van der Waals surface area contributed by atoms with Gasteiger partial charge < -0.3 is 9.84 Å². The van der Waals surface area contributed by atoms with Crippen molar-refractivity contribution in [2.24, 2.45) is 5.92 Å². The maximum atomic E-state index is 11.1. The van der Waals surface area contributed by atoms with E-state index >= 15 is 0 Å². The number of nitro benzene ring substituents is 1. The number of aromatic carboxylic acids is 1. The van der Waals surface area contributed by atoms with Gasteiger partial charge in [-0.05, 0) is 25.3 Å². The van der Waals surface area contributed by atoms with Crippen LogP contribution < -0.4 is 4.74 Å². The van der Waals surface area contributed by atoms with Crippen LogP contribution in [0.15, 0.2) is 18.2 Å². The summed E-state index contributed by atoms with van der Waals surface area (Å²) in [5.41, 5.74) is -0.453. The first-order valence-electron chi connectivity index (χ1n) is 5.99. The molecule has 0 bridgehead atoms. The number of hydrogen-bond donors (Lipinski definition) is 1. The van der Waals surface area contributed by atoms with Crippen LogP contribution in [0.5, 0.6) is 5.75 Å². The molecule has 0 saturated carbocycles. The number of non-ortho nitro benzene ring substituents is 1. The van der Waals surface area contributed by atoms with Crippen molar-refractivity contribution < 1.29 is 19.6 Å². The number of benzene rings is 1. The highest BCUT2D eigenvalue weighted by Crippen LogP contribution is 2.26. The number of nitro groups is 1. The molecule has 0 spiro atoms. The summed E-state index contributed by atoms with van der Waals surface area (Å²) in [6.45, 7) is 5.91. The zero-order valence-electron chi connectivity index (χ0n) is 11.1. The Hall–Kier alpha value is -2.11. The molecule has 1 aromatic rings. The third kappa shape index (κ3) is 4.24. The summed E-state index contributed by atoms with van der Waals surface area (Å²) in [7, 11) is 0. The highest BCUT2D eigenvalue weighted by molar-refractivity contribution is 5.91. The minimum atomic E-state index is -1.24. The molecule has 0 aliphatic heterocycles. The Labute approximate surface area is 111 Å². The van der Waals surface area contributed by atoms with E-state index in [2.05, 4.69) is 0 Å². The van der Waals surface area contributed by atoms with Gasteiger partial charge in [0, 0.05) is 12.1 Å². The maximum absolute atomic E-state index is 11.1. The topological polar surface area (TPSA) is 89.7 Å². The van der Waals surface area contributed by atoms with Gasteiger partial charge in [-0.1, -0.05) is 13.8 Å². The average molecular weight is 267 g/mol. The van der Waals surface area contributed by atoms with E-state index in [4.69, 9.17) is 9.84 Å². The van der Waals surface area contributed by atoms with Gasteiger partial charge in [0.05, 0.1) is 11.0 Å². The van der Waals surface area contributed by atoms with Crippen molar-refractivity contribution in [1.82, 2.24) is 0 Å². The average Bonchev–Trinajstić information content (AvgIpc) is 2.27. The molecule has 19 heavy (non-hydrogen) atoms. The van der Waals surface area contributed by atoms with Crippen LogP contribution >= 0.6 is 0 Å². The molecule has 0 aromatic heterocycles. The van der Waals surface area contributed by atoms with Crippen LogP contribution in [-0.4, -0.2) is 22.1 Å². The Balaban J connectivity index is 3.00. The minimum absolute atomic E-state index is 0.153. The molecule has 1 rings (SSSR count). The van der Waals surface area contributed by atoms with Crippen LogP contribution in [0.1, 0.15) is 37.6 Å². The first-order valence-corrected chi connectivity index (χ1v) is 5.99. The van der Waals surface area contributed by atoms with Gasteiger partial charge >= 0.3 is 5.97 Å². The van der Waals surface area contributed by atoms with Crippen LogP contribution in [0, 0.1) is 16.0 Å². The lowest BCUT2D eigenvalue weighted by Crippen LogP contribution is -2.16. The lowest BCUT2D eigenvalue weighted by atomic mass is 10.1. The van der Waals surface area contributed by atoms with Crippen LogP contribution in [0.3, 0.4) is 0 Å². The highest BCUT2D eigenvalue weighted by atomic mass is 16.6. The van der Waals surface area contributed by atoms with Crippen LogP contribution in [-0.2, 0) is 0 Å². The predicted octanol–water partition coefficient (Wildman–Crippen LogP) is 3.11. The van der Waals surface area contributed by atoms with Gasteiger partial charge in [0.25, 0.3) is 5.69 Å². The van der Waals surface area contributed by atoms with Gasteiger partial charge in [-0.25, -0.2) is 4.79 Å². The van der Waals surface area contributed by atoms with Gasteiger partial charge in [0.15, 0.2) is 0 Å². The van der Waals surface area contributed by atoms with Crippen LogP contribution in [0.2, 0.25) is 0 Å². The second-order valence-electron chi connectivity index (χ2n) is 4.80. The summed E-state index contributed by atoms with van der Waals surface area (Å²) >= 11 is 0. The molecule has 0 radical (unpaired) electrons. The molecule has 0 heterocycles. The quantitative estimate of drug-likeness (QED) is 0.631. The third-order valence-electron chi connectivity index (χ3n) is 2.54. The Morgan fingerprint density at radius 1 is 1.42 bits per heavy atom. The van der Waals surface area contributed by atoms with E-state index in [1.807, 2.05) is 20.8 Å². The van der Waals surface area contributed by atoms with Gasteiger partial charge in [-0.15, -0.1) is 0 Å². The van der Waals surface area contributed by atoms with E-state index in [1.54, 1.807) is 0 Å². The molecule has 0 amide bonds. The maximum Gasteiger partial charge on any atom is 0.339 e. The Morgan fingerprint density at radius 3 is 2.53 bits per heavy atom. The normalized spacial score (nSPS) is 12.2. The fourth-order valence-corrected chi connectivity index (χ4v) is 1.83. The lowest BCUT2D eigenvalue weighted by molar-refractivity contribution is -0.384. The largest absolute Gasteiger partial charge is 0.490 e. The standard InChI is InChI=1S/C13H17NO5/c1-8(2)6-9(3)19-12-5-4-10(14(17)18)7-11(12)13(15)16/h4-5,7-9H,6H2,1-3H3,(H,15,16). The van der Waals surface area contributed by atoms with E-state index in [1.165, 1.54) is 12.1 Å². The molecule has 1 atom stereocenters. The summed E-state index contributed by atoms with van der Waals surface area (Å²) in [6.07, 6.45) is 0.621. The molecule has 1 N–H and O–H groups in total. The van der Waals surface area contributed by atoms with Crippen molar-refractivity contribution in [3.05, 3.63) is 33.9 Å². The number of rotatable bonds is 6. The number of ether oxygens (including phenoxy) is 1. The molecule has 0 fully saturated rings. The summed E-state index contributed by atoms with van der Waals surface area (Å²) in [4.78, 5) is 21.1. The van der Waals surface area contributed by atoms with Crippen molar-refractivity contribution in [2.45, 2.75) is 33.3 Å². The van der Waals surface area contributed by atoms with E-state index in [0.29, 0.717) is 5.92 Å². The van der Waals surface area contributed by atoms with E-state index in [-0.39, 0.29) is 23.1 Å². The molecule has 0 aliphatic rings. The van der Waals surface area contributed by atoms with Crippen molar-refractivity contribution in [1.29, 1.82) is 0 Å². The zero-order chi connectivity index (χ0) is 14.6.